The van der Waals surface area contributed by atoms with E-state index in [4.69, 9.17) is 0 Å². The van der Waals surface area contributed by atoms with Gasteiger partial charge in [-0.2, -0.15) is 0 Å². The van der Waals surface area contributed by atoms with Gasteiger partial charge in [0.1, 0.15) is 5.65 Å². The van der Waals surface area contributed by atoms with Gasteiger partial charge in [-0.1, -0.05) is 12.1 Å². The third-order valence-corrected chi connectivity index (χ3v) is 5.91. The fraction of sp³-hybridized carbons (Fsp3) is 0.105. The highest BCUT2D eigenvalue weighted by atomic mass is 32.2. The number of hydrogen-bond donors (Lipinski definition) is 1. The molecule has 142 valence electrons. The number of non-ortho nitro benzene ring substituents is 1. The number of nitro benzene ring substituents is 1. The fourth-order valence-corrected chi connectivity index (χ4v) is 3.59. The summed E-state index contributed by atoms with van der Waals surface area (Å²) >= 11 is 0. The van der Waals surface area contributed by atoms with Gasteiger partial charge >= 0.3 is 0 Å². The number of anilines is 1. The van der Waals surface area contributed by atoms with Crippen molar-refractivity contribution in [3.63, 3.8) is 0 Å². The lowest BCUT2D eigenvalue weighted by molar-refractivity contribution is -0.384. The Morgan fingerprint density at radius 1 is 1.04 bits per heavy atom. The molecular formula is C19H16N4O4S. The zero-order valence-corrected chi connectivity index (χ0v) is 15.9. The number of fused-ring (bicyclic) bond motifs is 3. The summed E-state index contributed by atoms with van der Waals surface area (Å²) in [7, 11) is -1.83. The van der Waals surface area contributed by atoms with Crippen molar-refractivity contribution < 1.29 is 13.3 Å². The van der Waals surface area contributed by atoms with E-state index in [1.54, 1.807) is 24.4 Å². The van der Waals surface area contributed by atoms with Gasteiger partial charge in [0, 0.05) is 47.2 Å². The summed E-state index contributed by atoms with van der Waals surface area (Å²) in [5.41, 5.74) is 3.69. The molecule has 0 aliphatic heterocycles. The highest BCUT2D eigenvalue weighted by molar-refractivity contribution is 7.92. The summed E-state index contributed by atoms with van der Waals surface area (Å²) in [4.78, 5) is 18.2. The maximum Gasteiger partial charge on any atom is 0.270 e. The first-order valence-electron chi connectivity index (χ1n) is 8.34. The van der Waals surface area contributed by atoms with Gasteiger partial charge in [-0.25, -0.2) is 13.4 Å². The topological polar surface area (TPSA) is 109 Å². The number of nitrogens with one attached hydrogen (secondary N) is 1. The Kier molecular flexibility index (Phi) is 4.04. The van der Waals surface area contributed by atoms with Crippen molar-refractivity contribution in [3.8, 4) is 11.1 Å². The molecular weight excluding hydrogens is 380 g/mol. The first kappa shape index (κ1) is 17.9. The molecule has 8 nitrogen and oxygen atoms in total. The number of benzene rings is 2. The van der Waals surface area contributed by atoms with Crippen LogP contribution in [0.5, 0.6) is 0 Å². The van der Waals surface area contributed by atoms with E-state index in [0.29, 0.717) is 11.3 Å². The van der Waals surface area contributed by atoms with Crippen molar-refractivity contribution in [3.05, 3.63) is 64.8 Å². The SMILES string of the molecule is CN(c1ccc(-c2cnc3[nH]c4ccc([N+](=O)[O-])cc4c3c2)cc1)S(C)(=O)=O. The molecule has 0 saturated heterocycles. The van der Waals surface area contributed by atoms with E-state index in [9.17, 15) is 18.5 Å². The second kappa shape index (κ2) is 6.31. The molecule has 1 N–H and O–H groups in total. The Labute approximate surface area is 160 Å². The van der Waals surface area contributed by atoms with Crippen LogP contribution in [0.25, 0.3) is 33.1 Å². The van der Waals surface area contributed by atoms with E-state index < -0.39 is 14.9 Å². The minimum Gasteiger partial charge on any atom is -0.339 e. The Hall–Kier alpha value is -3.46. The van der Waals surface area contributed by atoms with Crippen LogP contribution in [0.15, 0.2) is 54.7 Å². The van der Waals surface area contributed by atoms with Gasteiger partial charge in [-0.15, -0.1) is 0 Å². The van der Waals surface area contributed by atoms with Gasteiger partial charge in [0.15, 0.2) is 0 Å². The predicted molar refractivity (Wildman–Crippen MR) is 109 cm³/mol. The van der Waals surface area contributed by atoms with Crippen LogP contribution in [0, 0.1) is 10.1 Å². The Morgan fingerprint density at radius 2 is 1.75 bits per heavy atom. The monoisotopic (exact) mass is 396 g/mol. The molecule has 9 heteroatoms. The highest BCUT2D eigenvalue weighted by Gasteiger charge is 2.14. The van der Waals surface area contributed by atoms with E-state index in [1.165, 1.54) is 23.5 Å². The number of hydrogen-bond acceptors (Lipinski definition) is 5. The molecule has 0 aliphatic carbocycles. The third kappa shape index (κ3) is 3.05. The number of pyridine rings is 1. The molecule has 0 aliphatic rings. The highest BCUT2D eigenvalue weighted by Crippen LogP contribution is 2.31. The molecule has 0 fully saturated rings. The summed E-state index contributed by atoms with van der Waals surface area (Å²) in [6.07, 6.45) is 2.86. The molecule has 0 atom stereocenters. The van der Waals surface area contributed by atoms with E-state index in [-0.39, 0.29) is 5.69 Å². The maximum absolute atomic E-state index is 11.7. The molecule has 2 aromatic carbocycles. The molecule has 4 aromatic rings. The second-order valence-corrected chi connectivity index (χ2v) is 8.52. The van der Waals surface area contributed by atoms with Gasteiger partial charge in [0.05, 0.1) is 16.9 Å². The van der Waals surface area contributed by atoms with Crippen LogP contribution in [0.3, 0.4) is 0 Å². The Morgan fingerprint density at radius 3 is 2.39 bits per heavy atom. The summed E-state index contributed by atoms with van der Waals surface area (Å²) < 4.78 is 24.5. The van der Waals surface area contributed by atoms with Crippen molar-refractivity contribution in [2.75, 3.05) is 17.6 Å². The summed E-state index contributed by atoms with van der Waals surface area (Å²) in [5.74, 6) is 0. The number of H-pyrrole nitrogens is 1. The van der Waals surface area contributed by atoms with Crippen molar-refractivity contribution >= 4 is 43.3 Å². The molecule has 4 rings (SSSR count). The Balaban J connectivity index is 1.80. The van der Waals surface area contributed by atoms with Crippen molar-refractivity contribution in [2.24, 2.45) is 0 Å². The van der Waals surface area contributed by atoms with Crippen molar-refractivity contribution in [2.45, 2.75) is 0 Å². The van der Waals surface area contributed by atoms with Gasteiger partial charge in [0.2, 0.25) is 10.0 Å². The number of nitro groups is 1. The lowest BCUT2D eigenvalue weighted by atomic mass is 10.1. The predicted octanol–water partition coefficient (Wildman–Crippen LogP) is 3.69. The normalized spacial score (nSPS) is 11.8. The minimum atomic E-state index is -3.33. The van der Waals surface area contributed by atoms with Crippen LogP contribution < -0.4 is 4.31 Å². The molecule has 0 bridgehead atoms. The molecule has 28 heavy (non-hydrogen) atoms. The second-order valence-electron chi connectivity index (χ2n) is 6.51. The van der Waals surface area contributed by atoms with E-state index in [0.717, 1.165) is 33.7 Å². The lowest BCUT2D eigenvalue weighted by Gasteiger charge is -2.16. The summed E-state index contributed by atoms with van der Waals surface area (Å²) in [5, 5.41) is 12.6. The van der Waals surface area contributed by atoms with E-state index in [1.807, 2.05) is 18.2 Å². The molecule has 2 heterocycles. The van der Waals surface area contributed by atoms with E-state index in [2.05, 4.69) is 9.97 Å². The van der Waals surface area contributed by atoms with Gasteiger partial charge < -0.3 is 4.98 Å². The maximum atomic E-state index is 11.7. The molecule has 2 aromatic heterocycles. The van der Waals surface area contributed by atoms with Crippen LogP contribution >= 0.6 is 0 Å². The first-order chi connectivity index (χ1) is 13.2. The average Bonchev–Trinajstić information content (AvgIpc) is 3.03. The van der Waals surface area contributed by atoms with Crippen LogP contribution in [0.2, 0.25) is 0 Å². The summed E-state index contributed by atoms with van der Waals surface area (Å²) in [6, 6.07) is 13.7. The average molecular weight is 396 g/mol. The summed E-state index contributed by atoms with van der Waals surface area (Å²) in [6.45, 7) is 0. The van der Waals surface area contributed by atoms with Crippen molar-refractivity contribution in [1.82, 2.24) is 9.97 Å². The van der Waals surface area contributed by atoms with E-state index >= 15 is 0 Å². The smallest absolute Gasteiger partial charge is 0.270 e. The number of aromatic nitrogens is 2. The van der Waals surface area contributed by atoms with Crippen LogP contribution in [0.4, 0.5) is 11.4 Å². The minimum absolute atomic E-state index is 0.0203. The van der Waals surface area contributed by atoms with Crippen LogP contribution in [-0.2, 0) is 10.0 Å². The van der Waals surface area contributed by atoms with Gasteiger partial charge in [0.25, 0.3) is 5.69 Å². The number of rotatable bonds is 4. The van der Waals surface area contributed by atoms with Crippen LogP contribution in [-0.4, -0.2) is 36.6 Å². The molecule has 0 amide bonds. The first-order valence-corrected chi connectivity index (χ1v) is 10.2. The Bertz CT molecular complexity index is 1330. The molecule has 0 spiro atoms. The third-order valence-electron chi connectivity index (χ3n) is 4.71. The zero-order chi connectivity index (χ0) is 20.1. The quantitative estimate of drug-likeness (QED) is 0.418. The molecule has 0 radical (unpaired) electrons. The van der Waals surface area contributed by atoms with Crippen LogP contribution in [0.1, 0.15) is 0 Å². The van der Waals surface area contributed by atoms with Crippen molar-refractivity contribution in [1.29, 1.82) is 0 Å². The number of nitrogens with zero attached hydrogens (tertiary/aromatic N) is 3. The van der Waals surface area contributed by atoms with Gasteiger partial charge in [-0.05, 0) is 29.8 Å². The lowest BCUT2D eigenvalue weighted by Crippen LogP contribution is -2.24. The number of sulfonamides is 1. The van der Waals surface area contributed by atoms with Gasteiger partial charge in [-0.3, -0.25) is 14.4 Å². The largest absolute Gasteiger partial charge is 0.339 e. The zero-order valence-electron chi connectivity index (χ0n) is 15.1. The molecule has 0 unspecified atom stereocenters. The standard InChI is InChI=1S/C19H16N4O4S/c1-22(28(2,26)27)14-5-3-12(4-6-14)13-9-17-16-10-15(23(24)25)7-8-18(16)21-19(17)20-11-13/h3-11H,1-2H3,(H,20,21). The fourth-order valence-electron chi connectivity index (χ4n) is 3.09. The number of aromatic amines is 1. The molecule has 0 saturated carbocycles.